The molecule has 1 amide bonds. The summed E-state index contributed by atoms with van der Waals surface area (Å²) in [7, 11) is 0. The van der Waals surface area contributed by atoms with Gasteiger partial charge < -0.3 is 10.0 Å². The van der Waals surface area contributed by atoms with E-state index in [9.17, 15) is 9.59 Å². The van der Waals surface area contributed by atoms with E-state index in [1.54, 1.807) is 0 Å². The minimum absolute atomic E-state index is 0.0185. The number of carbonyl (C=O) groups excluding carboxylic acids is 1. The molecule has 138 valence electrons. The lowest BCUT2D eigenvalue weighted by atomic mass is 9.93. The summed E-state index contributed by atoms with van der Waals surface area (Å²) in [6.45, 7) is 5.34. The molecule has 0 saturated carbocycles. The van der Waals surface area contributed by atoms with Crippen molar-refractivity contribution in [3.05, 3.63) is 47.3 Å². The monoisotopic (exact) mass is 355 g/mol. The van der Waals surface area contributed by atoms with Crippen LogP contribution in [0.1, 0.15) is 47.4 Å². The van der Waals surface area contributed by atoms with Crippen LogP contribution in [0.25, 0.3) is 5.69 Å². The molecule has 1 fully saturated rings. The van der Waals surface area contributed by atoms with Crippen LogP contribution in [0, 0.1) is 19.8 Å². The number of aromatic nitrogens is 2. The maximum Gasteiger partial charge on any atom is 0.303 e. The number of rotatable bonds is 5. The van der Waals surface area contributed by atoms with Gasteiger partial charge in [0.2, 0.25) is 0 Å². The Labute approximate surface area is 153 Å². The van der Waals surface area contributed by atoms with Crippen LogP contribution in [0.2, 0.25) is 0 Å². The molecule has 1 unspecified atom stereocenters. The fourth-order valence-corrected chi connectivity index (χ4v) is 3.63. The molecular formula is C20H25N3O3. The maximum atomic E-state index is 12.8. The highest BCUT2D eigenvalue weighted by Crippen LogP contribution is 2.23. The summed E-state index contributed by atoms with van der Waals surface area (Å²) in [5.74, 6) is -0.476. The first-order chi connectivity index (χ1) is 12.4. The fourth-order valence-electron chi connectivity index (χ4n) is 3.63. The van der Waals surface area contributed by atoms with Crippen LogP contribution in [0.3, 0.4) is 0 Å². The van der Waals surface area contributed by atoms with Gasteiger partial charge in [-0.25, -0.2) is 4.68 Å². The minimum Gasteiger partial charge on any atom is -0.481 e. The number of likely N-dealkylation sites (tertiary alicyclic amines) is 1. The van der Waals surface area contributed by atoms with E-state index < -0.39 is 5.97 Å². The van der Waals surface area contributed by atoms with Crippen molar-refractivity contribution in [2.45, 2.75) is 39.5 Å². The molecule has 1 aliphatic heterocycles. The number of carbonyl (C=O) groups is 2. The Kier molecular flexibility index (Phi) is 5.40. The third-order valence-electron chi connectivity index (χ3n) is 4.94. The molecule has 1 atom stereocenters. The van der Waals surface area contributed by atoms with Gasteiger partial charge in [-0.1, -0.05) is 0 Å². The molecule has 1 aromatic carbocycles. The van der Waals surface area contributed by atoms with Crippen LogP contribution in [0.4, 0.5) is 0 Å². The standard InChI is InChI=1S/C20H25N3O3/c1-14-12-15(2)23(21-14)18-8-6-17(7-9-18)20(26)22-11-3-4-16(13-22)5-10-19(24)25/h6-9,12,16H,3-5,10-11,13H2,1-2H3,(H,24,25). The van der Waals surface area contributed by atoms with Gasteiger partial charge in [-0.2, -0.15) is 5.10 Å². The predicted octanol–water partition coefficient (Wildman–Crippen LogP) is 3.21. The molecule has 6 heteroatoms. The summed E-state index contributed by atoms with van der Waals surface area (Å²) in [6, 6.07) is 9.53. The summed E-state index contributed by atoms with van der Waals surface area (Å²) >= 11 is 0. The molecule has 1 aliphatic rings. The molecule has 1 aromatic heterocycles. The van der Waals surface area contributed by atoms with E-state index in [4.69, 9.17) is 5.11 Å². The molecular weight excluding hydrogens is 330 g/mol. The first kappa shape index (κ1) is 18.2. The van der Waals surface area contributed by atoms with E-state index in [1.165, 1.54) is 0 Å². The van der Waals surface area contributed by atoms with Crippen LogP contribution >= 0.6 is 0 Å². The van der Waals surface area contributed by atoms with Crippen LogP contribution in [-0.4, -0.2) is 44.8 Å². The molecule has 1 saturated heterocycles. The number of aryl methyl sites for hydroxylation is 2. The molecule has 0 aliphatic carbocycles. The maximum absolute atomic E-state index is 12.8. The molecule has 1 N–H and O–H groups in total. The van der Waals surface area contributed by atoms with E-state index in [2.05, 4.69) is 5.10 Å². The third-order valence-corrected chi connectivity index (χ3v) is 4.94. The zero-order valence-electron chi connectivity index (χ0n) is 15.3. The molecule has 26 heavy (non-hydrogen) atoms. The van der Waals surface area contributed by atoms with Gasteiger partial charge >= 0.3 is 5.97 Å². The minimum atomic E-state index is -0.770. The quantitative estimate of drug-likeness (QED) is 0.894. The summed E-state index contributed by atoms with van der Waals surface area (Å²) in [5.41, 5.74) is 3.61. The summed E-state index contributed by atoms with van der Waals surface area (Å²) in [4.78, 5) is 25.4. The van der Waals surface area contributed by atoms with Gasteiger partial charge in [0.1, 0.15) is 0 Å². The first-order valence-electron chi connectivity index (χ1n) is 9.09. The van der Waals surface area contributed by atoms with E-state index in [0.717, 1.165) is 36.5 Å². The topological polar surface area (TPSA) is 75.4 Å². The Hall–Kier alpha value is -2.63. The van der Waals surface area contributed by atoms with Crippen molar-refractivity contribution in [1.82, 2.24) is 14.7 Å². The van der Waals surface area contributed by atoms with Crippen molar-refractivity contribution in [2.24, 2.45) is 5.92 Å². The molecule has 2 heterocycles. The van der Waals surface area contributed by atoms with Gasteiger partial charge in [-0.3, -0.25) is 9.59 Å². The second-order valence-corrected chi connectivity index (χ2v) is 7.08. The third kappa shape index (κ3) is 4.12. The molecule has 0 radical (unpaired) electrons. The van der Waals surface area contributed by atoms with E-state index in [1.807, 2.05) is 53.8 Å². The van der Waals surface area contributed by atoms with Crippen molar-refractivity contribution < 1.29 is 14.7 Å². The number of carboxylic acid groups (broad SMARTS) is 1. The lowest BCUT2D eigenvalue weighted by Crippen LogP contribution is -2.40. The zero-order chi connectivity index (χ0) is 18.7. The van der Waals surface area contributed by atoms with Gasteiger partial charge in [0.05, 0.1) is 11.4 Å². The highest BCUT2D eigenvalue weighted by atomic mass is 16.4. The number of amides is 1. The number of hydrogen-bond donors (Lipinski definition) is 1. The largest absolute Gasteiger partial charge is 0.481 e. The molecule has 0 bridgehead atoms. The highest BCUT2D eigenvalue weighted by Gasteiger charge is 2.24. The molecule has 0 spiro atoms. The van der Waals surface area contributed by atoms with E-state index >= 15 is 0 Å². The van der Waals surface area contributed by atoms with Gasteiger partial charge in [0.15, 0.2) is 0 Å². The smallest absolute Gasteiger partial charge is 0.303 e. The Morgan fingerprint density at radius 2 is 1.96 bits per heavy atom. The Morgan fingerprint density at radius 1 is 1.23 bits per heavy atom. The van der Waals surface area contributed by atoms with Crippen LogP contribution in [0.5, 0.6) is 0 Å². The van der Waals surface area contributed by atoms with Crippen LogP contribution in [-0.2, 0) is 4.79 Å². The average Bonchev–Trinajstić information content (AvgIpc) is 2.98. The second-order valence-electron chi connectivity index (χ2n) is 7.08. The number of hydrogen-bond acceptors (Lipinski definition) is 3. The Bertz CT molecular complexity index is 795. The first-order valence-corrected chi connectivity index (χ1v) is 9.09. The van der Waals surface area contributed by atoms with Gasteiger partial charge in [-0.05, 0) is 69.4 Å². The highest BCUT2D eigenvalue weighted by molar-refractivity contribution is 5.94. The fraction of sp³-hybridized carbons (Fsp3) is 0.450. The second kappa shape index (κ2) is 7.72. The number of benzene rings is 1. The summed E-state index contributed by atoms with van der Waals surface area (Å²) in [6.07, 6.45) is 2.73. The lowest BCUT2D eigenvalue weighted by molar-refractivity contribution is -0.137. The molecule has 3 rings (SSSR count). The zero-order valence-corrected chi connectivity index (χ0v) is 15.3. The van der Waals surface area contributed by atoms with Gasteiger partial charge in [0.25, 0.3) is 5.91 Å². The van der Waals surface area contributed by atoms with Crippen molar-refractivity contribution >= 4 is 11.9 Å². The predicted molar refractivity (Wildman–Crippen MR) is 98.5 cm³/mol. The van der Waals surface area contributed by atoms with Crippen molar-refractivity contribution in [3.63, 3.8) is 0 Å². The van der Waals surface area contributed by atoms with Crippen molar-refractivity contribution in [2.75, 3.05) is 13.1 Å². The summed E-state index contributed by atoms with van der Waals surface area (Å²) in [5, 5.41) is 13.3. The van der Waals surface area contributed by atoms with Crippen LogP contribution in [0.15, 0.2) is 30.3 Å². The number of aliphatic carboxylic acids is 1. The van der Waals surface area contributed by atoms with E-state index in [0.29, 0.717) is 18.5 Å². The summed E-state index contributed by atoms with van der Waals surface area (Å²) < 4.78 is 1.87. The average molecular weight is 355 g/mol. The number of piperidine rings is 1. The SMILES string of the molecule is Cc1cc(C)n(-c2ccc(C(=O)N3CCCC(CCC(=O)O)C3)cc2)n1. The van der Waals surface area contributed by atoms with Crippen LogP contribution < -0.4 is 0 Å². The Balaban J connectivity index is 1.67. The van der Waals surface area contributed by atoms with Gasteiger partial charge in [-0.15, -0.1) is 0 Å². The lowest BCUT2D eigenvalue weighted by Gasteiger charge is -2.32. The Morgan fingerprint density at radius 3 is 2.58 bits per heavy atom. The number of nitrogens with zero attached hydrogens (tertiary/aromatic N) is 3. The van der Waals surface area contributed by atoms with Crippen molar-refractivity contribution in [3.8, 4) is 5.69 Å². The van der Waals surface area contributed by atoms with Crippen molar-refractivity contribution in [1.29, 1.82) is 0 Å². The molecule has 6 nitrogen and oxygen atoms in total. The van der Waals surface area contributed by atoms with Gasteiger partial charge in [0, 0.05) is 30.8 Å². The number of carboxylic acids is 1. The van der Waals surface area contributed by atoms with E-state index in [-0.39, 0.29) is 18.2 Å². The normalized spacial score (nSPS) is 17.3. The molecule has 2 aromatic rings.